The Balaban J connectivity index is 1.58. The van der Waals surface area contributed by atoms with Crippen molar-refractivity contribution in [1.29, 1.82) is 0 Å². The zero-order valence-electron chi connectivity index (χ0n) is 15.3. The van der Waals surface area contributed by atoms with Gasteiger partial charge in [0.2, 0.25) is 0 Å². The lowest BCUT2D eigenvalue weighted by atomic mass is 9.88. The minimum absolute atomic E-state index is 0.450. The van der Waals surface area contributed by atoms with Crippen LogP contribution in [0.2, 0.25) is 0 Å². The van der Waals surface area contributed by atoms with Gasteiger partial charge in [0, 0.05) is 24.8 Å². The zero-order valence-corrected chi connectivity index (χ0v) is 15.3. The van der Waals surface area contributed by atoms with Crippen molar-refractivity contribution < 1.29 is 9.90 Å². The highest BCUT2D eigenvalue weighted by molar-refractivity contribution is 5.89. The van der Waals surface area contributed by atoms with Crippen LogP contribution < -0.4 is 0 Å². The van der Waals surface area contributed by atoms with Gasteiger partial charge < -0.3 is 5.11 Å². The van der Waals surface area contributed by atoms with Gasteiger partial charge in [0.1, 0.15) is 0 Å². The molecule has 2 aromatic rings. The fourth-order valence-corrected chi connectivity index (χ4v) is 3.84. The maximum Gasteiger partial charge on any atom is 0.335 e. The Hall–Kier alpha value is -2.14. The van der Waals surface area contributed by atoms with Crippen molar-refractivity contribution in [2.45, 2.75) is 39.7 Å². The van der Waals surface area contributed by atoms with Gasteiger partial charge in [-0.05, 0) is 63.7 Å². The van der Waals surface area contributed by atoms with E-state index < -0.39 is 5.97 Å². The molecule has 0 bridgehead atoms. The quantitative estimate of drug-likeness (QED) is 0.907. The number of piperidine rings is 1. The van der Waals surface area contributed by atoms with E-state index in [-0.39, 0.29) is 0 Å². The van der Waals surface area contributed by atoms with Crippen LogP contribution in [-0.2, 0) is 20.0 Å². The number of likely N-dealkylation sites (tertiary alicyclic amines) is 1. The molecule has 2 heterocycles. The van der Waals surface area contributed by atoms with Gasteiger partial charge in [0.15, 0.2) is 0 Å². The van der Waals surface area contributed by atoms with E-state index in [0.717, 1.165) is 50.2 Å². The van der Waals surface area contributed by atoms with Gasteiger partial charge in [-0.25, -0.2) is 4.79 Å². The average molecular weight is 341 g/mol. The van der Waals surface area contributed by atoms with Crippen molar-refractivity contribution in [3.05, 3.63) is 52.3 Å². The third-order valence-corrected chi connectivity index (χ3v) is 5.50. The first kappa shape index (κ1) is 17.7. The highest BCUT2D eigenvalue weighted by Crippen LogP contribution is 2.25. The topological polar surface area (TPSA) is 58.4 Å². The van der Waals surface area contributed by atoms with Crippen molar-refractivity contribution >= 4 is 5.97 Å². The second kappa shape index (κ2) is 7.40. The molecule has 1 aliphatic heterocycles. The summed E-state index contributed by atoms with van der Waals surface area (Å²) in [6.45, 7) is 7.30. The Bertz CT molecular complexity index is 758. The van der Waals surface area contributed by atoms with Gasteiger partial charge in [-0.15, -0.1) is 0 Å². The van der Waals surface area contributed by atoms with E-state index in [4.69, 9.17) is 0 Å². The number of carboxylic acids is 1. The van der Waals surface area contributed by atoms with Gasteiger partial charge in [-0.1, -0.05) is 18.2 Å². The summed E-state index contributed by atoms with van der Waals surface area (Å²) in [7, 11) is 2.00. The number of aromatic carboxylic acids is 1. The molecule has 25 heavy (non-hydrogen) atoms. The second-order valence-electron chi connectivity index (χ2n) is 7.16. The summed E-state index contributed by atoms with van der Waals surface area (Å²) in [5.41, 5.74) is 5.13. The molecular formula is C20H27N3O2. The lowest BCUT2D eigenvalue weighted by Gasteiger charge is -2.32. The van der Waals surface area contributed by atoms with Crippen molar-refractivity contribution in [2.75, 3.05) is 13.1 Å². The van der Waals surface area contributed by atoms with Gasteiger partial charge in [-0.3, -0.25) is 9.58 Å². The molecule has 1 aromatic carbocycles. The molecule has 0 atom stereocenters. The number of carboxylic acid groups (broad SMARTS) is 1. The number of benzene rings is 1. The average Bonchev–Trinajstić information content (AvgIpc) is 2.83. The van der Waals surface area contributed by atoms with Crippen molar-refractivity contribution in [2.24, 2.45) is 13.0 Å². The van der Waals surface area contributed by atoms with Crippen molar-refractivity contribution in [3.8, 4) is 0 Å². The highest BCUT2D eigenvalue weighted by Gasteiger charge is 2.23. The summed E-state index contributed by atoms with van der Waals surface area (Å²) < 4.78 is 1.96. The molecule has 5 heteroatoms. The standard InChI is InChI=1S/C20H27N3O2/c1-14-19(15(2)22(3)21-14)13-23-10-8-16(9-11-23)12-17-6-4-5-7-18(17)20(24)25/h4-7,16H,8-13H2,1-3H3,(H,24,25). The van der Waals surface area contributed by atoms with E-state index in [2.05, 4.69) is 23.8 Å². The Morgan fingerprint density at radius 2 is 1.92 bits per heavy atom. The Morgan fingerprint density at radius 1 is 1.24 bits per heavy atom. The first-order chi connectivity index (χ1) is 12.0. The fourth-order valence-electron chi connectivity index (χ4n) is 3.84. The SMILES string of the molecule is Cc1nn(C)c(C)c1CN1CCC(Cc2ccccc2C(=O)O)CC1. The summed E-state index contributed by atoms with van der Waals surface area (Å²) in [6, 6.07) is 7.40. The van der Waals surface area contributed by atoms with Crippen LogP contribution in [0, 0.1) is 19.8 Å². The molecule has 1 saturated heterocycles. The predicted octanol–water partition coefficient (Wildman–Crippen LogP) is 3.19. The van der Waals surface area contributed by atoms with E-state index in [9.17, 15) is 9.90 Å². The summed E-state index contributed by atoms with van der Waals surface area (Å²) >= 11 is 0. The van der Waals surface area contributed by atoms with E-state index in [1.54, 1.807) is 12.1 Å². The van der Waals surface area contributed by atoms with Crippen LogP contribution in [-0.4, -0.2) is 38.8 Å². The van der Waals surface area contributed by atoms with Crippen molar-refractivity contribution in [1.82, 2.24) is 14.7 Å². The predicted molar refractivity (Wildman–Crippen MR) is 97.8 cm³/mol. The fraction of sp³-hybridized carbons (Fsp3) is 0.500. The molecule has 1 N–H and O–H groups in total. The van der Waals surface area contributed by atoms with Gasteiger partial charge in [0.05, 0.1) is 11.3 Å². The molecule has 134 valence electrons. The lowest BCUT2D eigenvalue weighted by molar-refractivity contribution is 0.0695. The number of nitrogens with zero attached hydrogens (tertiary/aromatic N) is 3. The van der Waals surface area contributed by atoms with Crippen LogP contribution >= 0.6 is 0 Å². The van der Waals surface area contributed by atoms with Crippen LogP contribution in [0.1, 0.15) is 45.7 Å². The van der Waals surface area contributed by atoms with E-state index in [1.165, 1.54) is 11.3 Å². The Labute approximate surface area is 149 Å². The molecule has 5 nitrogen and oxygen atoms in total. The number of rotatable bonds is 5. The maximum atomic E-state index is 11.4. The van der Waals surface area contributed by atoms with Gasteiger partial charge in [0.25, 0.3) is 0 Å². The molecule has 1 aromatic heterocycles. The normalized spacial score (nSPS) is 16.3. The minimum atomic E-state index is -0.824. The first-order valence-electron chi connectivity index (χ1n) is 8.98. The number of hydrogen-bond donors (Lipinski definition) is 1. The largest absolute Gasteiger partial charge is 0.478 e. The van der Waals surface area contributed by atoms with Crippen LogP contribution in [0.25, 0.3) is 0 Å². The molecule has 0 saturated carbocycles. The van der Waals surface area contributed by atoms with Crippen molar-refractivity contribution in [3.63, 3.8) is 0 Å². The minimum Gasteiger partial charge on any atom is -0.478 e. The van der Waals surface area contributed by atoms with Crippen LogP contribution in [0.5, 0.6) is 0 Å². The monoisotopic (exact) mass is 341 g/mol. The Kier molecular flexibility index (Phi) is 5.23. The molecular weight excluding hydrogens is 314 g/mol. The summed E-state index contributed by atoms with van der Waals surface area (Å²) in [6.07, 6.45) is 3.10. The third kappa shape index (κ3) is 3.93. The van der Waals surface area contributed by atoms with Crippen LogP contribution in [0.3, 0.4) is 0 Å². The molecule has 0 unspecified atom stereocenters. The summed E-state index contributed by atoms with van der Waals surface area (Å²) in [4.78, 5) is 13.9. The van der Waals surface area contributed by atoms with Crippen LogP contribution in [0.4, 0.5) is 0 Å². The number of carbonyl (C=O) groups is 1. The molecule has 0 aliphatic carbocycles. The van der Waals surface area contributed by atoms with E-state index in [0.29, 0.717) is 11.5 Å². The molecule has 0 spiro atoms. The molecule has 0 amide bonds. The summed E-state index contributed by atoms with van der Waals surface area (Å²) in [5, 5.41) is 13.8. The highest BCUT2D eigenvalue weighted by atomic mass is 16.4. The van der Waals surface area contributed by atoms with Crippen LogP contribution in [0.15, 0.2) is 24.3 Å². The zero-order chi connectivity index (χ0) is 18.0. The Morgan fingerprint density at radius 3 is 2.52 bits per heavy atom. The van der Waals surface area contributed by atoms with E-state index >= 15 is 0 Å². The summed E-state index contributed by atoms with van der Waals surface area (Å²) in [5.74, 6) is -0.261. The third-order valence-electron chi connectivity index (χ3n) is 5.50. The van der Waals surface area contributed by atoms with Gasteiger partial charge >= 0.3 is 5.97 Å². The van der Waals surface area contributed by atoms with E-state index in [1.807, 2.05) is 23.9 Å². The number of aryl methyl sites for hydroxylation is 2. The number of aromatic nitrogens is 2. The van der Waals surface area contributed by atoms with Gasteiger partial charge in [-0.2, -0.15) is 5.10 Å². The number of hydrogen-bond acceptors (Lipinski definition) is 3. The second-order valence-corrected chi connectivity index (χ2v) is 7.16. The first-order valence-corrected chi connectivity index (χ1v) is 8.98. The maximum absolute atomic E-state index is 11.4. The lowest BCUT2D eigenvalue weighted by Crippen LogP contribution is -2.34. The smallest absolute Gasteiger partial charge is 0.335 e. The molecule has 3 rings (SSSR count). The molecule has 1 fully saturated rings. The molecule has 0 radical (unpaired) electrons. The molecule has 1 aliphatic rings.